The van der Waals surface area contributed by atoms with Gasteiger partial charge in [-0.05, 0) is 99.7 Å². The number of hydrogen-bond donors (Lipinski definition) is 0. The van der Waals surface area contributed by atoms with Gasteiger partial charge < -0.3 is 0 Å². The van der Waals surface area contributed by atoms with Crippen LogP contribution in [0.5, 0.6) is 0 Å². The molecule has 0 bridgehead atoms. The molecule has 1 heteroatoms. The van der Waals surface area contributed by atoms with Crippen LogP contribution < -0.4 is 0 Å². The first-order valence-corrected chi connectivity index (χ1v) is 21.1. The van der Waals surface area contributed by atoms with E-state index in [4.69, 9.17) is 0 Å². The van der Waals surface area contributed by atoms with Crippen molar-refractivity contribution in [2.45, 2.75) is 26.2 Å². The fourth-order valence-corrected chi connectivity index (χ4v) is 8.65. The molecular formula is C58H47Br. The van der Waals surface area contributed by atoms with Gasteiger partial charge in [-0.3, -0.25) is 0 Å². The van der Waals surface area contributed by atoms with Crippen molar-refractivity contribution in [1.82, 2.24) is 0 Å². The lowest BCUT2D eigenvalue weighted by atomic mass is 9.63. The summed E-state index contributed by atoms with van der Waals surface area (Å²) >= 11 is 3.76. The molecule has 0 spiro atoms. The molecule has 1 aliphatic rings. The first-order valence-electron chi connectivity index (χ1n) is 20.3. The summed E-state index contributed by atoms with van der Waals surface area (Å²) in [5, 5.41) is 0. The minimum absolute atomic E-state index is 0.455. The van der Waals surface area contributed by atoms with Crippen LogP contribution in [-0.2, 0) is 5.41 Å². The third-order valence-corrected chi connectivity index (χ3v) is 11.7. The molecule has 9 aromatic rings. The monoisotopic (exact) mass is 822 g/mol. The van der Waals surface area contributed by atoms with E-state index in [0.717, 1.165) is 4.47 Å². The molecule has 0 aromatic heterocycles. The zero-order chi connectivity index (χ0) is 40.6. The Morgan fingerprint density at radius 1 is 0.288 bits per heavy atom. The Morgan fingerprint density at radius 3 is 1.07 bits per heavy atom. The summed E-state index contributed by atoms with van der Waals surface area (Å²) in [5.41, 5.74) is 18.8. The first kappa shape index (κ1) is 39.3. The fourth-order valence-electron chi connectivity index (χ4n) is 8.26. The van der Waals surface area contributed by atoms with E-state index in [9.17, 15) is 0 Å². The van der Waals surface area contributed by atoms with E-state index in [-0.39, 0.29) is 0 Å². The van der Waals surface area contributed by atoms with Gasteiger partial charge in [-0.25, -0.2) is 0 Å². The van der Waals surface area contributed by atoms with Crippen LogP contribution in [0.1, 0.15) is 38.9 Å². The van der Waals surface area contributed by atoms with E-state index in [1.165, 1.54) is 83.5 Å². The number of fused-ring (bicyclic) bond motifs is 5. The molecule has 0 amide bonds. The maximum atomic E-state index is 3.76. The molecule has 0 fully saturated rings. The van der Waals surface area contributed by atoms with E-state index < -0.39 is 5.41 Å². The van der Waals surface area contributed by atoms with Gasteiger partial charge in [0.25, 0.3) is 0 Å². The normalized spacial score (nSPS) is 11.9. The zero-order valence-corrected chi connectivity index (χ0v) is 35.4. The molecule has 0 unspecified atom stereocenters. The quantitative estimate of drug-likeness (QED) is 0.166. The third kappa shape index (κ3) is 8.39. The van der Waals surface area contributed by atoms with Crippen molar-refractivity contribution in [2.24, 2.45) is 0 Å². The Morgan fingerprint density at radius 2 is 0.644 bits per heavy atom. The Labute approximate surface area is 358 Å². The van der Waals surface area contributed by atoms with Crippen LogP contribution in [0.4, 0.5) is 0 Å². The van der Waals surface area contributed by atoms with Crippen molar-refractivity contribution in [3.8, 4) is 44.5 Å². The molecule has 0 radical (unpaired) electrons. The lowest BCUT2D eigenvalue weighted by molar-refractivity contribution is 0.750. The standard InChI is InChI=1S/C32H23Br.2C13H12/c1-22-17-19-23(20-18-22)32(24-9-8-10-25(33)21-24)30-15-6-4-13-28(30)26-11-2-3-12-27(26)29-14-5-7-16-31(29)32;2*1-11-7-9-13(10-8-11)12-5-3-2-4-6-12/h2-21H,1H3;2*2-10H,1H3. The highest BCUT2D eigenvalue weighted by Gasteiger charge is 2.43. The van der Waals surface area contributed by atoms with E-state index >= 15 is 0 Å². The zero-order valence-electron chi connectivity index (χ0n) is 33.8. The van der Waals surface area contributed by atoms with Crippen molar-refractivity contribution in [1.29, 1.82) is 0 Å². The molecular weight excluding hydrogens is 777 g/mol. The average molecular weight is 824 g/mol. The van der Waals surface area contributed by atoms with Crippen molar-refractivity contribution >= 4 is 15.9 Å². The van der Waals surface area contributed by atoms with E-state index in [1.807, 2.05) is 12.1 Å². The van der Waals surface area contributed by atoms with Crippen molar-refractivity contribution in [3.63, 3.8) is 0 Å². The fraction of sp³-hybridized carbons (Fsp3) is 0.0690. The molecule has 10 rings (SSSR count). The van der Waals surface area contributed by atoms with Crippen LogP contribution in [-0.4, -0.2) is 0 Å². The minimum atomic E-state index is -0.455. The number of rotatable bonds is 4. The molecule has 0 nitrogen and oxygen atoms in total. The van der Waals surface area contributed by atoms with Gasteiger partial charge in [0.1, 0.15) is 0 Å². The van der Waals surface area contributed by atoms with Gasteiger partial charge in [-0.1, -0.05) is 251 Å². The molecule has 0 atom stereocenters. The largest absolute Gasteiger partial charge is 0.0713 e. The molecule has 286 valence electrons. The molecule has 0 saturated heterocycles. The number of aryl methyl sites for hydroxylation is 3. The van der Waals surface area contributed by atoms with Gasteiger partial charge >= 0.3 is 0 Å². The number of benzene rings is 9. The third-order valence-electron chi connectivity index (χ3n) is 11.2. The molecule has 0 N–H and O–H groups in total. The van der Waals surface area contributed by atoms with Gasteiger partial charge in [-0.15, -0.1) is 0 Å². The van der Waals surface area contributed by atoms with Crippen LogP contribution in [0.15, 0.2) is 235 Å². The van der Waals surface area contributed by atoms with Gasteiger partial charge in [0.05, 0.1) is 5.41 Å². The molecule has 0 aliphatic heterocycles. The molecule has 9 aromatic carbocycles. The Hall–Kier alpha value is -6.54. The van der Waals surface area contributed by atoms with E-state index in [1.54, 1.807) is 0 Å². The predicted molar refractivity (Wildman–Crippen MR) is 255 cm³/mol. The van der Waals surface area contributed by atoms with E-state index in [2.05, 4.69) is 255 Å². The maximum Gasteiger partial charge on any atom is 0.0713 e. The Balaban J connectivity index is 0.000000152. The van der Waals surface area contributed by atoms with Gasteiger partial charge in [-0.2, -0.15) is 0 Å². The van der Waals surface area contributed by atoms with Crippen LogP contribution in [0.3, 0.4) is 0 Å². The van der Waals surface area contributed by atoms with Gasteiger partial charge in [0.15, 0.2) is 0 Å². The SMILES string of the molecule is Cc1ccc(-c2ccccc2)cc1.Cc1ccc(-c2ccccc2)cc1.Cc1ccc(C2(c3cccc(Br)c3)c3ccccc3-c3ccccc3-c3ccccc32)cc1. The molecule has 0 heterocycles. The average Bonchev–Trinajstić information content (AvgIpc) is 3.40. The van der Waals surface area contributed by atoms with Gasteiger partial charge in [0.2, 0.25) is 0 Å². The highest BCUT2D eigenvalue weighted by atomic mass is 79.9. The highest BCUT2D eigenvalue weighted by Crippen LogP contribution is 2.55. The summed E-state index contributed by atoms with van der Waals surface area (Å²) in [4.78, 5) is 0. The van der Waals surface area contributed by atoms with Crippen LogP contribution in [0.2, 0.25) is 0 Å². The summed E-state index contributed by atoms with van der Waals surface area (Å²) in [7, 11) is 0. The second kappa shape index (κ2) is 17.9. The summed E-state index contributed by atoms with van der Waals surface area (Å²) < 4.78 is 1.09. The van der Waals surface area contributed by atoms with Gasteiger partial charge in [0, 0.05) is 4.47 Å². The first-order chi connectivity index (χ1) is 28.9. The van der Waals surface area contributed by atoms with Crippen molar-refractivity contribution in [3.05, 3.63) is 274 Å². The highest BCUT2D eigenvalue weighted by molar-refractivity contribution is 9.10. The van der Waals surface area contributed by atoms with Crippen LogP contribution >= 0.6 is 15.9 Å². The summed E-state index contributed by atoms with van der Waals surface area (Å²) in [6.45, 7) is 6.37. The molecule has 59 heavy (non-hydrogen) atoms. The second-order valence-corrected chi connectivity index (χ2v) is 16.1. The van der Waals surface area contributed by atoms with Crippen LogP contribution in [0.25, 0.3) is 44.5 Å². The Bertz CT molecular complexity index is 2620. The number of hydrogen-bond acceptors (Lipinski definition) is 0. The molecule has 1 aliphatic carbocycles. The predicted octanol–water partition coefficient (Wildman–Crippen LogP) is 16.1. The Kier molecular flexibility index (Phi) is 11.9. The lowest BCUT2D eigenvalue weighted by Crippen LogP contribution is -2.31. The maximum absolute atomic E-state index is 3.76. The smallest absolute Gasteiger partial charge is 0.0622 e. The second-order valence-electron chi connectivity index (χ2n) is 15.2. The summed E-state index contributed by atoms with van der Waals surface area (Å²) in [5.74, 6) is 0. The topological polar surface area (TPSA) is 0 Å². The van der Waals surface area contributed by atoms with Crippen molar-refractivity contribution in [2.75, 3.05) is 0 Å². The lowest BCUT2D eigenvalue weighted by Gasteiger charge is -2.38. The summed E-state index contributed by atoms with van der Waals surface area (Å²) in [6, 6.07) is 82.6. The van der Waals surface area contributed by atoms with Crippen LogP contribution in [0, 0.1) is 20.8 Å². The number of halogens is 1. The molecule has 0 saturated carbocycles. The minimum Gasteiger partial charge on any atom is -0.0622 e. The summed E-state index contributed by atoms with van der Waals surface area (Å²) in [6.07, 6.45) is 0. The van der Waals surface area contributed by atoms with E-state index in [0.29, 0.717) is 0 Å². The van der Waals surface area contributed by atoms with Crippen molar-refractivity contribution < 1.29 is 0 Å².